The van der Waals surface area contributed by atoms with E-state index in [-0.39, 0.29) is 11.8 Å². The molecule has 190 valence electrons. The van der Waals surface area contributed by atoms with Crippen LogP contribution in [0.25, 0.3) is 17.2 Å². The molecule has 11 nitrogen and oxygen atoms in total. The predicted molar refractivity (Wildman–Crippen MR) is 132 cm³/mol. The van der Waals surface area contributed by atoms with E-state index in [0.29, 0.717) is 28.8 Å². The third-order valence-electron chi connectivity index (χ3n) is 5.51. The molecule has 0 aliphatic rings. The molecule has 0 aliphatic heterocycles. The zero-order valence-corrected chi connectivity index (χ0v) is 21.6. The third kappa shape index (κ3) is 5.33. The summed E-state index contributed by atoms with van der Waals surface area (Å²) in [4.78, 5) is 4.42. The van der Waals surface area contributed by atoms with Crippen LogP contribution in [-0.4, -0.2) is 66.0 Å². The van der Waals surface area contributed by atoms with E-state index in [4.69, 9.17) is 14.2 Å². The molecule has 0 saturated heterocycles. The molecule has 0 saturated carbocycles. The first-order chi connectivity index (χ1) is 16.4. The lowest BCUT2D eigenvalue weighted by molar-refractivity contribution is 0.0627. The van der Waals surface area contributed by atoms with Crippen molar-refractivity contribution in [2.75, 3.05) is 26.1 Å². The summed E-state index contributed by atoms with van der Waals surface area (Å²) in [5, 5.41) is 17.8. The number of hydrogen-bond donors (Lipinski definition) is 2. The van der Waals surface area contributed by atoms with E-state index in [2.05, 4.69) is 19.9 Å². The van der Waals surface area contributed by atoms with Crippen LogP contribution < -0.4 is 18.9 Å². The van der Waals surface area contributed by atoms with Gasteiger partial charge in [-0.15, -0.1) is 10.2 Å². The number of pyridine rings is 1. The van der Waals surface area contributed by atoms with Crippen LogP contribution in [-0.2, 0) is 10.0 Å². The number of ether oxygens (including phenoxy) is 3. The van der Waals surface area contributed by atoms with Gasteiger partial charge in [-0.3, -0.25) is 9.29 Å². The van der Waals surface area contributed by atoms with Crippen LogP contribution >= 0.6 is 0 Å². The highest BCUT2D eigenvalue weighted by Crippen LogP contribution is 2.38. The van der Waals surface area contributed by atoms with E-state index in [1.807, 2.05) is 0 Å². The molecule has 0 aliphatic carbocycles. The third-order valence-corrected chi connectivity index (χ3v) is 7.21. The first-order valence-electron chi connectivity index (χ1n) is 10.8. The zero-order valence-electron chi connectivity index (χ0n) is 20.8. The monoisotopic (exact) mass is 505 g/mol. The van der Waals surface area contributed by atoms with Gasteiger partial charge in [0, 0.05) is 6.07 Å². The van der Waals surface area contributed by atoms with E-state index in [0.717, 1.165) is 0 Å². The first-order valence-corrected chi connectivity index (χ1v) is 12.4. The number of aliphatic hydroxyl groups excluding tert-OH is 1. The minimum Gasteiger partial charge on any atom is -0.494 e. The van der Waals surface area contributed by atoms with E-state index < -0.39 is 26.8 Å². The van der Waals surface area contributed by atoms with Gasteiger partial charge in [-0.25, -0.2) is 13.4 Å². The highest BCUT2D eigenvalue weighted by Gasteiger charge is 2.37. The Balaban J connectivity index is 2.24. The molecule has 0 radical (unpaired) electrons. The maximum Gasteiger partial charge on any atom is 0.243 e. The number of nitrogens with zero attached hydrogens (tertiary/aromatic N) is 4. The standard InChI is InChI=1S/C23H31N5O6S/c1-14(20(29)23(2,3)4)35(30,31)27-22-26-25-21(15-10-8-13-18(24-15)34-7)28(22)19-16(32-5)11-9-12-17(19)33-6/h8-14,20,29H,1-7H3,(H,26,27)/t14-,20+/m1/s1. The van der Waals surface area contributed by atoms with Gasteiger partial charge in [-0.1, -0.05) is 32.9 Å². The number of nitrogens with one attached hydrogen (secondary N) is 1. The Morgan fingerprint density at radius 3 is 2.11 bits per heavy atom. The Morgan fingerprint density at radius 2 is 1.57 bits per heavy atom. The second-order valence-electron chi connectivity index (χ2n) is 8.92. The Morgan fingerprint density at radius 1 is 0.971 bits per heavy atom. The quantitative estimate of drug-likeness (QED) is 0.449. The number of para-hydroxylation sites is 1. The van der Waals surface area contributed by atoms with E-state index in [1.165, 1.54) is 32.8 Å². The molecule has 2 heterocycles. The van der Waals surface area contributed by atoms with Crippen molar-refractivity contribution in [3.8, 4) is 34.6 Å². The van der Waals surface area contributed by atoms with Crippen molar-refractivity contribution in [1.29, 1.82) is 0 Å². The van der Waals surface area contributed by atoms with E-state index >= 15 is 0 Å². The Kier molecular flexibility index (Phi) is 7.56. The number of hydrogen-bond acceptors (Lipinski definition) is 9. The number of methoxy groups -OCH3 is 3. The van der Waals surface area contributed by atoms with Crippen LogP contribution in [0.3, 0.4) is 0 Å². The molecular weight excluding hydrogens is 474 g/mol. The summed E-state index contributed by atoms with van der Waals surface area (Å²) in [7, 11) is 0.358. The van der Waals surface area contributed by atoms with Crippen LogP contribution in [0.4, 0.5) is 5.95 Å². The van der Waals surface area contributed by atoms with Crippen molar-refractivity contribution in [3.05, 3.63) is 36.4 Å². The lowest BCUT2D eigenvalue weighted by Gasteiger charge is -2.30. The van der Waals surface area contributed by atoms with Crippen LogP contribution in [0.5, 0.6) is 17.4 Å². The summed E-state index contributed by atoms with van der Waals surface area (Å²) in [6.45, 7) is 6.72. The van der Waals surface area contributed by atoms with Gasteiger partial charge in [0.2, 0.25) is 21.9 Å². The maximum atomic E-state index is 13.3. The Hall–Kier alpha value is -3.38. The van der Waals surface area contributed by atoms with Crippen LogP contribution in [0.2, 0.25) is 0 Å². The number of aromatic nitrogens is 4. The molecule has 0 spiro atoms. The van der Waals surface area contributed by atoms with Crippen molar-refractivity contribution in [3.63, 3.8) is 0 Å². The summed E-state index contributed by atoms with van der Waals surface area (Å²) in [5.74, 6) is 1.20. The van der Waals surface area contributed by atoms with Gasteiger partial charge in [-0.05, 0) is 30.5 Å². The fourth-order valence-electron chi connectivity index (χ4n) is 3.53. The lowest BCUT2D eigenvalue weighted by Crippen LogP contribution is -2.43. The molecule has 2 aromatic heterocycles. The zero-order chi connectivity index (χ0) is 26.0. The van der Waals surface area contributed by atoms with Gasteiger partial charge < -0.3 is 19.3 Å². The highest BCUT2D eigenvalue weighted by atomic mass is 32.2. The van der Waals surface area contributed by atoms with Gasteiger partial charge in [0.15, 0.2) is 5.82 Å². The SMILES string of the molecule is COc1cccc(-c2nnc(NS(=O)(=O)[C@H](C)[C@H](O)C(C)(C)C)n2-c2c(OC)cccc2OC)n1. The molecule has 35 heavy (non-hydrogen) atoms. The van der Waals surface area contributed by atoms with Gasteiger partial charge in [0.1, 0.15) is 28.1 Å². The number of aliphatic hydroxyl groups is 1. The minimum atomic E-state index is -4.10. The maximum absolute atomic E-state index is 13.3. The summed E-state index contributed by atoms with van der Waals surface area (Å²) in [6, 6.07) is 10.2. The smallest absolute Gasteiger partial charge is 0.243 e. The summed E-state index contributed by atoms with van der Waals surface area (Å²) >= 11 is 0. The molecule has 3 rings (SSSR count). The summed E-state index contributed by atoms with van der Waals surface area (Å²) in [6.07, 6.45) is -1.14. The average molecular weight is 506 g/mol. The molecule has 3 aromatic rings. The van der Waals surface area contributed by atoms with Crippen molar-refractivity contribution in [1.82, 2.24) is 19.7 Å². The summed E-state index contributed by atoms with van der Waals surface area (Å²) < 4.78 is 46.8. The molecule has 1 aromatic carbocycles. The van der Waals surface area contributed by atoms with Gasteiger partial charge >= 0.3 is 0 Å². The minimum absolute atomic E-state index is 0.125. The first kappa shape index (κ1) is 26.2. The average Bonchev–Trinajstić information content (AvgIpc) is 3.23. The molecule has 2 N–H and O–H groups in total. The lowest BCUT2D eigenvalue weighted by atomic mass is 9.87. The van der Waals surface area contributed by atoms with Crippen molar-refractivity contribution < 1.29 is 27.7 Å². The van der Waals surface area contributed by atoms with Crippen molar-refractivity contribution in [2.45, 2.75) is 39.0 Å². The number of rotatable bonds is 9. The summed E-state index contributed by atoms with van der Waals surface area (Å²) in [5.41, 5.74) is 0.0745. The predicted octanol–water partition coefficient (Wildman–Crippen LogP) is 2.89. The fraction of sp³-hybridized carbons (Fsp3) is 0.435. The molecule has 0 bridgehead atoms. The fourth-order valence-corrected chi connectivity index (χ4v) is 4.85. The van der Waals surface area contributed by atoms with Crippen LogP contribution in [0.15, 0.2) is 36.4 Å². The molecule has 0 fully saturated rings. The normalized spacial score (nSPS) is 13.7. The molecular formula is C23H31N5O6S. The largest absolute Gasteiger partial charge is 0.494 e. The highest BCUT2D eigenvalue weighted by molar-refractivity contribution is 7.93. The number of anilines is 1. The van der Waals surface area contributed by atoms with Gasteiger partial charge in [0.25, 0.3) is 0 Å². The van der Waals surface area contributed by atoms with Crippen LogP contribution in [0.1, 0.15) is 27.7 Å². The molecule has 0 unspecified atom stereocenters. The molecule has 2 atom stereocenters. The van der Waals surface area contributed by atoms with Crippen molar-refractivity contribution >= 4 is 16.0 Å². The van der Waals surface area contributed by atoms with Crippen molar-refractivity contribution in [2.24, 2.45) is 5.41 Å². The second kappa shape index (κ2) is 10.1. The number of benzene rings is 1. The topological polar surface area (TPSA) is 138 Å². The molecule has 12 heteroatoms. The second-order valence-corrected chi connectivity index (χ2v) is 11.0. The van der Waals surface area contributed by atoms with E-state index in [1.54, 1.807) is 57.2 Å². The van der Waals surface area contributed by atoms with Crippen LogP contribution in [0, 0.1) is 5.41 Å². The molecule has 0 amide bonds. The van der Waals surface area contributed by atoms with Gasteiger partial charge in [0.05, 0.1) is 27.4 Å². The Bertz CT molecular complexity index is 1260. The van der Waals surface area contributed by atoms with E-state index in [9.17, 15) is 13.5 Å². The Labute approximate surface area is 205 Å². The number of sulfonamides is 1. The van der Waals surface area contributed by atoms with Gasteiger partial charge in [-0.2, -0.15) is 0 Å².